The summed E-state index contributed by atoms with van der Waals surface area (Å²) >= 11 is 0. The monoisotopic (exact) mass is 263 g/mol. The van der Waals surface area contributed by atoms with Crippen LogP contribution < -0.4 is 5.32 Å². The quantitative estimate of drug-likeness (QED) is 0.854. The molecular weight excluding hydrogens is 247 g/mol. The third-order valence-corrected chi connectivity index (χ3v) is 3.06. The molecule has 1 saturated heterocycles. The minimum atomic E-state index is -4.48. The van der Waals surface area contributed by atoms with E-state index >= 15 is 0 Å². The van der Waals surface area contributed by atoms with Crippen molar-refractivity contribution in [2.45, 2.75) is 31.6 Å². The number of alkyl halides is 3. The lowest BCUT2D eigenvalue weighted by atomic mass is 10.1. The van der Waals surface area contributed by atoms with Crippen LogP contribution in [0.4, 0.5) is 13.2 Å². The van der Waals surface area contributed by atoms with Crippen LogP contribution in [0.5, 0.6) is 0 Å². The third-order valence-electron chi connectivity index (χ3n) is 3.06. The van der Waals surface area contributed by atoms with Crippen molar-refractivity contribution >= 4 is 0 Å². The summed E-state index contributed by atoms with van der Waals surface area (Å²) < 4.78 is 36.8. The molecule has 2 N–H and O–H groups in total. The fourth-order valence-electron chi connectivity index (χ4n) is 1.95. The molecule has 0 aliphatic carbocycles. The first-order valence-electron chi connectivity index (χ1n) is 5.85. The fraction of sp³-hybridized carbons (Fsp3) is 0.800. The Morgan fingerprint density at radius 3 is 2.61 bits per heavy atom. The molecule has 1 aliphatic heterocycles. The van der Waals surface area contributed by atoms with Gasteiger partial charge in [0.2, 0.25) is 0 Å². The minimum absolute atomic E-state index is 0.223. The van der Waals surface area contributed by atoms with E-state index in [1.54, 1.807) is 0 Å². The van der Waals surface area contributed by atoms with Crippen molar-refractivity contribution in [2.24, 2.45) is 0 Å². The number of likely N-dealkylation sites (tertiary alicyclic amines) is 1. The van der Waals surface area contributed by atoms with E-state index in [-0.39, 0.29) is 12.4 Å². The summed E-state index contributed by atoms with van der Waals surface area (Å²) in [5.41, 5.74) is 0. The average Bonchev–Trinajstić information content (AvgIpc) is 2.77. The second-order valence-electron chi connectivity index (χ2n) is 4.56. The van der Waals surface area contributed by atoms with Gasteiger partial charge < -0.3 is 10.2 Å². The van der Waals surface area contributed by atoms with Gasteiger partial charge in [0.25, 0.3) is 5.82 Å². The van der Waals surface area contributed by atoms with Crippen molar-refractivity contribution < 1.29 is 13.2 Å². The number of rotatable bonds is 3. The Morgan fingerprint density at radius 1 is 1.39 bits per heavy atom. The maximum Gasteiger partial charge on any atom is 0.453 e. The number of nitrogens with zero attached hydrogens (tertiary/aromatic N) is 3. The first kappa shape index (κ1) is 13.3. The van der Waals surface area contributed by atoms with E-state index < -0.39 is 12.0 Å². The molecule has 5 nitrogen and oxygen atoms in total. The fourth-order valence-corrected chi connectivity index (χ4v) is 1.95. The summed E-state index contributed by atoms with van der Waals surface area (Å²) in [6.07, 6.45) is -2.49. The first-order chi connectivity index (χ1) is 8.45. The minimum Gasteiger partial charge on any atom is -0.307 e. The van der Waals surface area contributed by atoms with Crippen LogP contribution in [0.3, 0.4) is 0 Å². The summed E-state index contributed by atoms with van der Waals surface area (Å²) in [6.45, 7) is 2.29. The smallest absolute Gasteiger partial charge is 0.307 e. The number of aromatic nitrogens is 3. The van der Waals surface area contributed by atoms with E-state index in [0.717, 1.165) is 25.9 Å². The lowest BCUT2D eigenvalue weighted by Gasteiger charge is -2.29. The maximum absolute atomic E-state index is 12.3. The standard InChI is InChI=1S/C10H16F3N5/c1-18-4-2-7(3-5-18)14-6-8-15-9(17-16-8)10(11,12)13/h7,14H,2-6H2,1H3,(H,15,16,17). The van der Waals surface area contributed by atoms with Crippen LogP contribution in [0.25, 0.3) is 0 Å². The Balaban J connectivity index is 1.82. The highest BCUT2D eigenvalue weighted by atomic mass is 19.4. The zero-order chi connectivity index (χ0) is 13.2. The van der Waals surface area contributed by atoms with Gasteiger partial charge in [0.1, 0.15) is 5.82 Å². The van der Waals surface area contributed by atoms with Crippen LogP contribution in [-0.2, 0) is 12.7 Å². The van der Waals surface area contributed by atoms with Crippen LogP contribution >= 0.6 is 0 Å². The van der Waals surface area contributed by atoms with E-state index in [9.17, 15) is 13.2 Å². The van der Waals surface area contributed by atoms with Crippen LogP contribution in [0.1, 0.15) is 24.5 Å². The summed E-state index contributed by atoms with van der Waals surface area (Å²) in [5.74, 6) is -0.885. The third kappa shape index (κ3) is 3.42. The van der Waals surface area contributed by atoms with Crippen molar-refractivity contribution in [2.75, 3.05) is 20.1 Å². The van der Waals surface area contributed by atoms with E-state index in [4.69, 9.17) is 0 Å². The molecule has 0 bridgehead atoms. The largest absolute Gasteiger partial charge is 0.453 e. The molecule has 0 aromatic carbocycles. The van der Waals surface area contributed by atoms with Gasteiger partial charge >= 0.3 is 6.18 Å². The topological polar surface area (TPSA) is 56.8 Å². The first-order valence-corrected chi connectivity index (χ1v) is 5.85. The molecular formula is C10H16F3N5. The number of halogens is 3. The lowest BCUT2D eigenvalue weighted by molar-refractivity contribution is -0.144. The highest BCUT2D eigenvalue weighted by molar-refractivity contribution is 4.94. The molecule has 1 aromatic rings. The Hall–Kier alpha value is -1.15. The number of H-pyrrole nitrogens is 1. The normalized spacial score (nSPS) is 19.3. The number of piperidine rings is 1. The Morgan fingerprint density at radius 2 is 2.06 bits per heavy atom. The maximum atomic E-state index is 12.3. The lowest BCUT2D eigenvalue weighted by Crippen LogP contribution is -2.40. The van der Waals surface area contributed by atoms with Gasteiger partial charge in [-0.15, -0.1) is 5.10 Å². The van der Waals surface area contributed by atoms with Crippen LogP contribution in [0.2, 0.25) is 0 Å². The molecule has 0 atom stereocenters. The average molecular weight is 263 g/mol. The molecule has 8 heteroatoms. The van der Waals surface area contributed by atoms with E-state index in [1.165, 1.54) is 0 Å². The van der Waals surface area contributed by atoms with Crippen molar-refractivity contribution in [1.29, 1.82) is 0 Å². The Kier molecular flexibility index (Phi) is 3.86. The van der Waals surface area contributed by atoms with E-state index in [1.807, 2.05) is 0 Å². The molecule has 2 heterocycles. The summed E-state index contributed by atoms with van der Waals surface area (Å²) in [5, 5.41) is 8.66. The number of hydrogen-bond acceptors (Lipinski definition) is 4. The van der Waals surface area contributed by atoms with E-state index in [2.05, 4.69) is 32.4 Å². The Labute approximate surface area is 103 Å². The molecule has 0 spiro atoms. The van der Waals surface area contributed by atoms with Gasteiger partial charge in [-0.2, -0.15) is 13.2 Å². The second-order valence-corrected chi connectivity index (χ2v) is 4.56. The zero-order valence-corrected chi connectivity index (χ0v) is 10.1. The van der Waals surface area contributed by atoms with Gasteiger partial charge in [0.05, 0.1) is 6.54 Å². The number of aromatic amines is 1. The molecule has 0 amide bonds. The molecule has 1 aromatic heterocycles. The summed E-state index contributed by atoms with van der Waals surface area (Å²) in [4.78, 5) is 5.65. The van der Waals surface area contributed by atoms with Gasteiger partial charge in [-0.1, -0.05) is 0 Å². The molecule has 0 unspecified atom stereocenters. The van der Waals surface area contributed by atoms with Crippen molar-refractivity contribution in [3.63, 3.8) is 0 Å². The number of hydrogen-bond donors (Lipinski definition) is 2. The van der Waals surface area contributed by atoms with Crippen molar-refractivity contribution in [1.82, 2.24) is 25.4 Å². The van der Waals surface area contributed by atoms with Gasteiger partial charge in [0, 0.05) is 6.04 Å². The molecule has 1 aliphatic rings. The number of nitrogens with one attached hydrogen (secondary N) is 2. The molecule has 18 heavy (non-hydrogen) atoms. The molecule has 2 rings (SSSR count). The SMILES string of the molecule is CN1CCC(NCc2nc(C(F)(F)F)n[nH]2)CC1. The van der Waals surface area contributed by atoms with Gasteiger partial charge in [0.15, 0.2) is 0 Å². The zero-order valence-electron chi connectivity index (χ0n) is 10.1. The van der Waals surface area contributed by atoms with Gasteiger partial charge in [-0.3, -0.25) is 5.10 Å². The van der Waals surface area contributed by atoms with Crippen LogP contribution in [0, 0.1) is 0 Å². The predicted molar refractivity (Wildman–Crippen MR) is 58.7 cm³/mol. The second kappa shape index (κ2) is 5.23. The van der Waals surface area contributed by atoms with Crippen LogP contribution in [-0.4, -0.2) is 46.3 Å². The highest BCUT2D eigenvalue weighted by Gasteiger charge is 2.36. The van der Waals surface area contributed by atoms with Crippen LogP contribution in [0.15, 0.2) is 0 Å². The highest BCUT2D eigenvalue weighted by Crippen LogP contribution is 2.25. The Bertz CT molecular complexity index is 381. The molecule has 102 valence electrons. The van der Waals surface area contributed by atoms with Crippen molar-refractivity contribution in [3.8, 4) is 0 Å². The summed E-state index contributed by atoms with van der Waals surface area (Å²) in [6, 6.07) is 0.334. The van der Waals surface area contributed by atoms with Gasteiger partial charge in [-0.05, 0) is 33.0 Å². The van der Waals surface area contributed by atoms with Crippen molar-refractivity contribution in [3.05, 3.63) is 11.6 Å². The molecule has 1 fully saturated rings. The van der Waals surface area contributed by atoms with Gasteiger partial charge in [-0.25, -0.2) is 4.98 Å². The molecule has 0 radical (unpaired) electrons. The van der Waals surface area contributed by atoms with E-state index in [0.29, 0.717) is 6.04 Å². The summed E-state index contributed by atoms with van der Waals surface area (Å²) in [7, 11) is 2.06. The molecule has 0 saturated carbocycles. The predicted octanol–water partition coefficient (Wildman–Crippen LogP) is 1.01.